The molecule has 1 saturated carbocycles. The lowest BCUT2D eigenvalue weighted by Gasteiger charge is -2.28. The van der Waals surface area contributed by atoms with Crippen LogP contribution in [0.4, 0.5) is 34.5 Å². The Kier molecular flexibility index (Phi) is 6.48. The first-order chi connectivity index (χ1) is 16.9. The fourth-order valence-corrected chi connectivity index (χ4v) is 5.12. The maximum Gasteiger partial charge on any atom is 0.229 e. The highest BCUT2D eigenvalue weighted by Crippen LogP contribution is 2.33. The molecule has 1 aromatic heterocycles. The third kappa shape index (κ3) is 5.83. The Morgan fingerprint density at radius 1 is 0.971 bits per heavy atom. The predicted molar refractivity (Wildman–Crippen MR) is 139 cm³/mol. The van der Waals surface area contributed by atoms with Crippen LogP contribution in [0.3, 0.4) is 0 Å². The molecule has 2 aromatic carbocycles. The normalized spacial score (nSPS) is 17.0. The van der Waals surface area contributed by atoms with E-state index < -0.39 is 9.84 Å². The van der Waals surface area contributed by atoms with Crippen molar-refractivity contribution < 1.29 is 13.2 Å². The highest BCUT2D eigenvalue weighted by Gasteiger charge is 2.30. The van der Waals surface area contributed by atoms with Crippen LogP contribution in [0.25, 0.3) is 0 Å². The standard InChI is InChI=1S/C24H25ClN6O3S/c25-19-15-26-24(27-17-7-9-18(10-8-17)31-11-13-35(33,34)14-12-31)30-22(19)28-20-3-1-2-4-21(20)29-23(32)16-5-6-16/h1-4,7-10,15-16H,5-6,11-14H2,(H,29,32)(H2,26,27,28,30). The van der Waals surface area contributed by atoms with E-state index in [-0.39, 0.29) is 23.3 Å². The van der Waals surface area contributed by atoms with Crippen molar-refractivity contribution in [3.05, 3.63) is 59.8 Å². The highest BCUT2D eigenvalue weighted by atomic mass is 35.5. The van der Waals surface area contributed by atoms with Crippen molar-refractivity contribution in [3.8, 4) is 0 Å². The molecule has 2 heterocycles. The molecule has 3 aromatic rings. The van der Waals surface area contributed by atoms with Crippen molar-refractivity contribution >= 4 is 61.9 Å². The molecule has 11 heteroatoms. The summed E-state index contributed by atoms with van der Waals surface area (Å²) in [6.07, 6.45) is 3.36. The Balaban J connectivity index is 1.27. The number of para-hydroxylation sites is 2. The van der Waals surface area contributed by atoms with Crippen molar-refractivity contribution in [2.75, 3.05) is 45.4 Å². The number of sulfone groups is 1. The van der Waals surface area contributed by atoms with Gasteiger partial charge in [-0.05, 0) is 49.2 Å². The van der Waals surface area contributed by atoms with Crippen LogP contribution in [-0.4, -0.2) is 48.9 Å². The Bertz CT molecular complexity index is 1330. The summed E-state index contributed by atoms with van der Waals surface area (Å²) in [5.41, 5.74) is 3.09. The molecule has 1 saturated heterocycles. The minimum absolute atomic E-state index is 0.0185. The van der Waals surface area contributed by atoms with E-state index in [1.165, 1.54) is 6.20 Å². The maximum absolute atomic E-state index is 12.2. The van der Waals surface area contributed by atoms with E-state index in [9.17, 15) is 13.2 Å². The zero-order chi connectivity index (χ0) is 24.4. The summed E-state index contributed by atoms with van der Waals surface area (Å²) in [4.78, 5) is 23.1. The largest absolute Gasteiger partial charge is 0.369 e. The van der Waals surface area contributed by atoms with Crippen LogP contribution >= 0.6 is 11.6 Å². The molecule has 2 aliphatic rings. The van der Waals surface area contributed by atoms with E-state index in [2.05, 4.69) is 30.8 Å². The van der Waals surface area contributed by atoms with E-state index in [1.807, 2.05) is 48.5 Å². The highest BCUT2D eigenvalue weighted by molar-refractivity contribution is 7.91. The van der Waals surface area contributed by atoms with Gasteiger partial charge < -0.3 is 20.9 Å². The SMILES string of the molecule is O=C(Nc1ccccc1Nc1nc(Nc2ccc(N3CCS(=O)(=O)CC3)cc2)ncc1Cl)C1CC1. The molecule has 0 atom stereocenters. The zero-order valence-corrected chi connectivity index (χ0v) is 20.4. The van der Waals surface area contributed by atoms with Gasteiger partial charge in [0.05, 0.1) is 29.1 Å². The van der Waals surface area contributed by atoms with E-state index in [0.717, 1.165) is 24.2 Å². The van der Waals surface area contributed by atoms with Crippen molar-refractivity contribution in [2.24, 2.45) is 5.92 Å². The van der Waals surface area contributed by atoms with Crippen molar-refractivity contribution in [1.29, 1.82) is 0 Å². The van der Waals surface area contributed by atoms with Crippen molar-refractivity contribution in [1.82, 2.24) is 9.97 Å². The molecule has 182 valence electrons. The number of nitrogens with zero attached hydrogens (tertiary/aromatic N) is 3. The minimum atomic E-state index is -2.92. The number of amides is 1. The molecule has 0 bridgehead atoms. The number of rotatable bonds is 7. The Morgan fingerprint density at radius 3 is 2.34 bits per heavy atom. The van der Waals surface area contributed by atoms with Gasteiger partial charge in [-0.1, -0.05) is 23.7 Å². The molecule has 0 radical (unpaired) electrons. The topological polar surface area (TPSA) is 116 Å². The molecule has 2 fully saturated rings. The molecular formula is C24H25ClN6O3S. The third-order valence-corrected chi connectivity index (χ3v) is 7.85. The van der Waals surface area contributed by atoms with E-state index in [1.54, 1.807) is 0 Å². The van der Waals surface area contributed by atoms with E-state index in [4.69, 9.17) is 11.6 Å². The van der Waals surface area contributed by atoms with Crippen LogP contribution in [-0.2, 0) is 14.6 Å². The molecule has 1 aliphatic heterocycles. The van der Waals surface area contributed by atoms with E-state index in [0.29, 0.717) is 41.3 Å². The number of hydrogen-bond acceptors (Lipinski definition) is 8. The van der Waals surface area contributed by atoms with Gasteiger partial charge in [0, 0.05) is 30.4 Å². The fourth-order valence-electron chi connectivity index (χ4n) is 3.78. The van der Waals surface area contributed by atoms with Crippen LogP contribution in [0.15, 0.2) is 54.7 Å². The van der Waals surface area contributed by atoms with Gasteiger partial charge in [-0.25, -0.2) is 13.4 Å². The second kappa shape index (κ2) is 9.71. The number of hydrogen-bond donors (Lipinski definition) is 3. The summed E-state index contributed by atoms with van der Waals surface area (Å²) in [5, 5.41) is 9.67. The quantitative estimate of drug-likeness (QED) is 0.431. The predicted octanol–water partition coefficient (Wildman–Crippen LogP) is 4.20. The number of carbonyl (C=O) groups is 1. The van der Waals surface area contributed by atoms with Crippen LogP contribution in [0.1, 0.15) is 12.8 Å². The van der Waals surface area contributed by atoms with Gasteiger partial charge in [0.15, 0.2) is 15.7 Å². The van der Waals surface area contributed by atoms with Crippen molar-refractivity contribution in [2.45, 2.75) is 12.8 Å². The smallest absolute Gasteiger partial charge is 0.229 e. The average Bonchev–Trinajstić information content (AvgIpc) is 3.69. The molecule has 9 nitrogen and oxygen atoms in total. The molecule has 1 aliphatic carbocycles. The Morgan fingerprint density at radius 2 is 1.66 bits per heavy atom. The monoisotopic (exact) mass is 512 g/mol. The number of halogens is 1. The molecule has 35 heavy (non-hydrogen) atoms. The maximum atomic E-state index is 12.2. The second-order valence-corrected chi connectivity index (χ2v) is 11.3. The van der Waals surface area contributed by atoms with Crippen LogP contribution < -0.4 is 20.9 Å². The van der Waals surface area contributed by atoms with Gasteiger partial charge in [-0.3, -0.25) is 4.79 Å². The van der Waals surface area contributed by atoms with Gasteiger partial charge in [0.25, 0.3) is 0 Å². The van der Waals surface area contributed by atoms with E-state index >= 15 is 0 Å². The summed E-state index contributed by atoms with van der Waals surface area (Å²) in [5.74, 6) is 1.22. The lowest BCUT2D eigenvalue weighted by atomic mass is 10.2. The van der Waals surface area contributed by atoms with Crippen LogP contribution in [0, 0.1) is 5.92 Å². The third-order valence-electron chi connectivity index (χ3n) is 5.96. The Hall–Kier alpha value is -3.37. The zero-order valence-electron chi connectivity index (χ0n) is 18.9. The molecule has 1 amide bonds. The molecule has 3 N–H and O–H groups in total. The summed E-state index contributed by atoms with van der Waals surface area (Å²) >= 11 is 6.34. The van der Waals surface area contributed by atoms with Gasteiger partial charge in [-0.2, -0.15) is 4.98 Å². The van der Waals surface area contributed by atoms with Gasteiger partial charge in [0.1, 0.15) is 5.02 Å². The Labute approximate surface area is 208 Å². The lowest BCUT2D eigenvalue weighted by Crippen LogP contribution is -2.40. The fraction of sp³-hybridized carbons (Fsp3) is 0.292. The molecular weight excluding hydrogens is 488 g/mol. The lowest BCUT2D eigenvalue weighted by molar-refractivity contribution is -0.117. The van der Waals surface area contributed by atoms with Gasteiger partial charge in [0.2, 0.25) is 11.9 Å². The number of benzene rings is 2. The van der Waals surface area contributed by atoms with Crippen molar-refractivity contribution in [3.63, 3.8) is 0 Å². The molecule has 0 unspecified atom stereocenters. The number of aromatic nitrogens is 2. The first-order valence-electron chi connectivity index (χ1n) is 11.4. The molecule has 0 spiro atoms. The van der Waals surface area contributed by atoms with Crippen LogP contribution in [0.5, 0.6) is 0 Å². The first-order valence-corrected chi connectivity index (χ1v) is 13.6. The van der Waals surface area contributed by atoms with Crippen LogP contribution in [0.2, 0.25) is 5.02 Å². The number of anilines is 6. The summed E-state index contributed by atoms with van der Waals surface area (Å²) in [7, 11) is -2.92. The second-order valence-electron chi connectivity index (χ2n) is 8.64. The average molecular weight is 513 g/mol. The summed E-state index contributed by atoms with van der Waals surface area (Å²) < 4.78 is 23.3. The first kappa shape index (κ1) is 23.4. The van der Waals surface area contributed by atoms with Gasteiger partial charge in [-0.15, -0.1) is 0 Å². The minimum Gasteiger partial charge on any atom is -0.369 e. The number of nitrogens with one attached hydrogen (secondary N) is 3. The summed E-state index contributed by atoms with van der Waals surface area (Å²) in [6, 6.07) is 15.1. The summed E-state index contributed by atoms with van der Waals surface area (Å²) in [6.45, 7) is 0.986. The van der Waals surface area contributed by atoms with Gasteiger partial charge >= 0.3 is 0 Å². The molecule has 5 rings (SSSR count). The number of carbonyl (C=O) groups excluding carboxylic acids is 1.